The van der Waals surface area contributed by atoms with Crippen molar-refractivity contribution in [3.05, 3.63) is 131 Å². The molecule has 0 bridgehead atoms. The van der Waals surface area contributed by atoms with Gasteiger partial charge in [0, 0.05) is 23.6 Å². The number of fused-ring (bicyclic) bond motifs is 1. The molecular weight excluding hydrogens is 392 g/mol. The number of rotatable bonds is 6. The summed E-state index contributed by atoms with van der Waals surface area (Å²) >= 11 is 0. The summed E-state index contributed by atoms with van der Waals surface area (Å²) in [5, 5.41) is 3.06. The van der Waals surface area contributed by atoms with Gasteiger partial charge in [-0.3, -0.25) is 9.78 Å². The van der Waals surface area contributed by atoms with Crippen molar-refractivity contribution < 1.29 is 4.79 Å². The van der Waals surface area contributed by atoms with Crippen LogP contribution in [0.1, 0.15) is 38.2 Å². The Kier molecular flexibility index (Phi) is 5.63. The quantitative estimate of drug-likeness (QED) is 0.406. The lowest BCUT2D eigenvalue weighted by Crippen LogP contribution is -2.12. The van der Waals surface area contributed by atoms with Gasteiger partial charge in [0.2, 0.25) is 0 Å². The number of carbonyl (C=O) groups is 1. The third-order valence-corrected chi connectivity index (χ3v) is 5.88. The molecule has 0 unspecified atom stereocenters. The van der Waals surface area contributed by atoms with Crippen LogP contribution in [0.4, 0.5) is 5.69 Å². The van der Waals surface area contributed by atoms with Gasteiger partial charge in [0.25, 0.3) is 5.91 Å². The highest BCUT2D eigenvalue weighted by Crippen LogP contribution is 2.32. The lowest BCUT2D eigenvalue weighted by Gasteiger charge is -2.09. The zero-order valence-electron chi connectivity index (χ0n) is 17.8. The van der Waals surface area contributed by atoms with E-state index in [0.717, 1.165) is 36.1 Å². The first-order valence-electron chi connectivity index (χ1n) is 10.9. The van der Waals surface area contributed by atoms with E-state index in [2.05, 4.69) is 64.9 Å². The maximum Gasteiger partial charge on any atom is 0.255 e. The van der Waals surface area contributed by atoms with Crippen molar-refractivity contribution in [2.24, 2.45) is 0 Å². The van der Waals surface area contributed by atoms with Crippen LogP contribution in [-0.2, 0) is 19.3 Å². The SMILES string of the molecule is O=C(Nc1ccc2c(c1)C=C(c1cccnc1)C2)c1cccc(CCc2ccccc2)c1. The van der Waals surface area contributed by atoms with Crippen LogP contribution >= 0.6 is 0 Å². The summed E-state index contributed by atoms with van der Waals surface area (Å²) in [6.07, 6.45) is 8.63. The highest BCUT2D eigenvalue weighted by atomic mass is 16.1. The number of allylic oxidation sites excluding steroid dienone is 1. The van der Waals surface area contributed by atoms with Crippen LogP contribution in [0.3, 0.4) is 0 Å². The topological polar surface area (TPSA) is 42.0 Å². The Morgan fingerprint density at radius 2 is 1.69 bits per heavy atom. The predicted molar refractivity (Wildman–Crippen MR) is 130 cm³/mol. The lowest BCUT2D eigenvalue weighted by atomic mass is 10.0. The fourth-order valence-corrected chi connectivity index (χ4v) is 4.15. The van der Waals surface area contributed by atoms with Gasteiger partial charge in [0.05, 0.1) is 0 Å². The van der Waals surface area contributed by atoms with E-state index in [1.807, 2.05) is 42.6 Å². The molecule has 156 valence electrons. The van der Waals surface area contributed by atoms with Gasteiger partial charge in [-0.1, -0.05) is 60.7 Å². The molecule has 1 N–H and O–H groups in total. The Bertz CT molecular complexity index is 1280. The van der Waals surface area contributed by atoms with Gasteiger partial charge >= 0.3 is 0 Å². The van der Waals surface area contributed by atoms with Crippen LogP contribution in [-0.4, -0.2) is 10.9 Å². The van der Waals surface area contributed by atoms with Gasteiger partial charge in [0.15, 0.2) is 0 Å². The number of aryl methyl sites for hydroxylation is 2. The molecule has 1 aliphatic rings. The third kappa shape index (κ3) is 4.52. The van der Waals surface area contributed by atoms with Crippen molar-refractivity contribution >= 4 is 23.2 Å². The van der Waals surface area contributed by atoms with Gasteiger partial charge < -0.3 is 5.32 Å². The molecule has 3 aromatic carbocycles. The molecule has 0 radical (unpaired) electrons. The Morgan fingerprint density at radius 3 is 2.53 bits per heavy atom. The van der Waals surface area contributed by atoms with E-state index >= 15 is 0 Å². The molecule has 1 aromatic heterocycles. The molecule has 1 amide bonds. The fourth-order valence-electron chi connectivity index (χ4n) is 4.15. The smallest absolute Gasteiger partial charge is 0.255 e. The van der Waals surface area contributed by atoms with Crippen molar-refractivity contribution in [3.63, 3.8) is 0 Å². The van der Waals surface area contributed by atoms with Crippen molar-refractivity contribution in [1.82, 2.24) is 4.98 Å². The van der Waals surface area contributed by atoms with E-state index in [4.69, 9.17) is 0 Å². The Labute approximate surface area is 188 Å². The number of hydrogen-bond donors (Lipinski definition) is 1. The molecule has 4 aromatic rings. The van der Waals surface area contributed by atoms with Gasteiger partial charge in [-0.15, -0.1) is 0 Å². The minimum atomic E-state index is -0.0824. The second-order valence-electron chi connectivity index (χ2n) is 8.14. The number of carbonyl (C=O) groups excluding carboxylic acids is 1. The lowest BCUT2D eigenvalue weighted by molar-refractivity contribution is 0.102. The first-order chi connectivity index (χ1) is 15.7. The van der Waals surface area contributed by atoms with E-state index in [9.17, 15) is 4.79 Å². The number of nitrogens with zero attached hydrogens (tertiary/aromatic N) is 1. The number of benzene rings is 3. The average molecular weight is 417 g/mol. The minimum absolute atomic E-state index is 0.0824. The van der Waals surface area contributed by atoms with Crippen LogP contribution in [0.5, 0.6) is 0 Å². The summed E-state index contributed by atoms with van der Waals surface area (Å²) in [7, 11) is 0. The average Bonchev–Trinajstić information content (AvgIpc) is 3.28. The molecule has 3 nitrogen and oxygen atoms in total. The fraction of sp³-hybridized carbons (Fsp3) is 0.103. The normalized spacial score (nSPS) is 12.2. The molecule has 0 saturated heterocycles. The molecule has 32 heavy (non-hydrogen) atoms. The number of amides is 1. The van der Waals surface area contributed by atoms with Crippen LogP contribution in [0.2, 0.25) is 0 Å². The maximum atomic E-state index is 12.9. The first-order valence-corrected chi connectivity index (χ1v) is 10.9. The second-order valence-corrected chi connectivity index (χ2v) is 8.14. The van der Waals surface area contributed by atoms with E-state index < -0.39 is 0 Å². The number of aromatic nitrogens is 1. The van der Waals surface area contributed by atoms with Crippen LogP contribution in [0.25, 0.3) is 11.6 Å². The van der Waals surface area contributed by atoms with Gasteiger partial charge in [-0.25, -0.2) is 0 Å². The van der Waals surface area contributed by atoms with Crippen LogP contribution in [0, 0.1) is 0 Å². The monoisotopic (exact) mass is 416 g/mol. The Balaban J connectivity index is 1.27. The highest BCUT2D eigenvalue weighted by molar-refractivity contribution is 6.04. The second kappa shape index (κ2) is 9.03. The molecule has 1 heterocycles. The van der Waals surface area contributed by atoms with Crippen molar-refractivity contribution in [3.8, 4) is 0 Å². The zero-order valence-corrected chi connectivity index (χ0v) is 17.8. The van der Waals surface area contributed by atoms with Gasteiger partial charge in [-0.2, -0.15) is 0 Å². The molecule has 0 atom stereocenters. The van der Waals surface area contributed by atoms with Crippen molar-refractivity contribution in [2.75, 3.05) is 5.32 Å². The maximum absolute atomic E-state index is 12.9. The van der Waals surface area contributed by atoms with Gasteiger partial charge in [0.1, 0.15) is 0 Å². The zero-order chi connectivity index (χ0) is 21.8. The van der Waals surface area contributed by atoms with E-state index in [1.165, 1.54) is 22.3 Å². The standard InChI is InChI=1S/C29H24N2O/c32-29(24-9-4-8-22(16-24)12-11-21-6-2-1-3-7-21)31-28-14-13-23-17-26(18-27(23)19-28)25-10-5-15-30-20-25/h1-10,13-16,18-20H,11-12,17H2,(H,31,32). The molecule has 5 rings (SSSR count). The number of pyridine rings is 1. The minimum Gasteiger partial charge on any atom is -0.322 e. The summed E-state index contributed by atoms with van der Waals surface area (Å²) in [5.74, 6) is -0.0824. The number of nitrogens with one attached hydrogen (secondary N) is 1. The number of hydrogen-bond acceptors (Lipinski definition) is 2. The summed E-state index contributed by atoms with van der Waals surface area (Å²) in [4.78, 5) is 17.1. The molecule has 0 aliphatic heterocycles. The largest absolute Gasteiger partial charge is 0.322 e. The summed E-state index contributed by atoms with van der Waals surface area (Å²) in [6.45, 7) is 0. The molecule has 0 fully saturated rings. The van der Waals surface area contributed by atoms with Crippen LogP contribution < -0.4 is 5.32 Å². The number of anilines is 1. The first kappa shape index (κ1) is 20.0. The highest BCUT2D eigenvalue weighted by Gasteiger charge is 2.15. The van der Waals surface area contributed by atoms with E-state index in [1.54, 1.807) is 6.20 Å². The van der Waals surface area contributed by atoms with Crippen molar-refractivity contribution in [2.45, 2.75) is 19.3 Å². The molecule has 1 aliphatic carbocycles. The summed E-state index contributed by atoms with van der Waals surface area (Å²) in [5.41, 5.74) is 8.78. The molecule has 0 spiro atoms. The molecule has 0 saturated carbocycles. The van der Waals surface area contributed by atoms with Crippen LogP contribution in [0.15, 0.2) is 97.3 Å². The van der Waals surface area contributed by atoms with Gasteiger partial charge in [-0.05, 0) is 83.0 Å². The Hall–Kier alpha value is -3.98. The third-order valence-electron chi connectivity index (χ3n) is 5.88. The summed E-state index contributed by atoms with van der Waals surface area (Å²) < 4.78 is 0. The molecular formula is C29H24N2O. The Morgan fingerprint density at radius 1 is 0.844 bits per heavy atom. The predicted octanol–water partition coefficient (Wildman–Crippen LogP) is 6.22. The molecule has 3 heteroatoms. The summed E-state index contributed by atoms with van der Waals surface area (Å²) in [6, 6.07) is 28.5. The van der Waals surface area contributed by atoms with Crippen molar-refractivity contribution in [1.29, 1.82) is 0 Å². The van der Waals surface area contributed by atoms with E-state index in [-0.39, 0.29) is 5.91 Å². The van der Waals surface area contributed by atoms with E-state index in [0.29, 0.717) is 5.56 Å².